The first-order valence-corrected chi connectivity index (χ1v) is 7.10. The molecule has 0 aliphatic carbocycles. The number of nitrogens with zero attached hydrogens (tertiary/aromatic N) is 3. The van der Waals surface area contributed by atoms with Crippen LogP contribution in [-0.4, -0.2) is 21.3 Å². The minimum Gasteiger partial charge on any atom is -0.192 e. The molecule has 0 radical (unpaired) electrons. The zero-order valence-corrected chi connectivity index (χ0v) is 11.9. The molecule has 92 valence electrons. The number of halogens is 1. The Morgan fingerprint density at radius 3 is 2.53 bits per heavy atom. The van der Waals surface area contributed by atoms with Gasteiger partial charge in [-0.2, -0.15) is 10.4 Å². The van der Waals surface area contributed by atoms with Crippen LogP contribution in [0.3, 0.4) is 0 Å². The second kappa shape index (κ2) is 6.83. The smallest absolute Gasteiger partial charge is 0.137 e. The van der Waals surface area contributed by atoms with Crippen molar-refractivity contribution in [2.75, 3.05) is 5.88 Å². The van der Waals surface area contributed by atoms with Crippen molar-refractivity contribution < 1.29 is 0 Å². The maximum atomic E-state index is 9.27. The lowest BCUT2D eigenvalue weighted by Crippen LogP contribution is -2.07. The Balaban J connectivity index is 3.20. The third-order valence-corrected chi connectivity index (χ3v) is 4.18. The standard InChI is InChI=1S/C12H16ClN3S/c1-4-9-10(7-14)12(17-8(3)6-13)16-15-11(9)5-2/h8H,4-6H2,1-3H3. The molecule has 1 unspecified atom stereocenters. The summed E-state index contributed by atoms with van der Waals surface area (Å²) in [7, 11) is 0. The first-order valence-electron chi connectivity index (χ1n) is 5.68. The van der Waals surface area contributed by atoms with E-state index >= 15 is 0 Å². The Kier molecular flexibility index (Phi) is 5.73. The molecular weight excluding hydrogens is 254 g/mol. The summed E-state index contributed by atoms with van der Waals surface area (Å²) in [5.74, 6) is 0.536. The second-order valence-electron chi connectivity index (χ2n) is 3.71. The van der Waals surface area contributed by atoms with Crippen molar-refractivity contribution in [2.45, 2.75) is 43.9 Å². The molecule has 1 heterocycles. The topological polar surface area (TPSA) is 49.6 Å². The average molecular weight is 270 g/mol. The lowest BCUT2D eigenvalue weighted by atomic mass is 10.1. The van der Waals surface area contributed by atoms with Gasteiger partial charge < -0.3 is 0 Å². The highest BCUT2D eigenvalue weighted by atomic mass is 35.5. The maximum absolute atomic E-state index is 9.27. The van der Waals surface area contributed by atoms with Gasteiger partial charge in [0.2, 0.25) is 0 Å². The summed E-state index contributed by atoms with van der Waals surface area (Å²) >= 11 is 7.29. The third-order valence-electron chi connectivity index (χ3n) is 2.46. The summed E-state index contributed by atoms with van der Waals surface area (Å²) in [6.07, 6.45) is 1.62. The quantitative estimate of drug-likeness (QED) is 0.608. The first-order chi connectivity index (χ1) is 8.17. The molecule has 5 heteroatoms. The molecule has 1 aromatic rings. The molecule has 0 aromatic carbocycles. The molecule has 0 saturated heterocycles. The molecule has 0 saturated carbocycles. The molecular formula is C12H16ClN3S. The van der Waals surface area contributed by atoms with Crippen LogP contribution in [0.1, 0.15) is 37.6 Å². The van der Waals surface area contributed by atoms with Gasteiger partial charge in [-0.15, -0.1) is 16.7 Å². The number of hydrogen-bond acceptors (Lipinski definition) is 4. The van der Waals surface area contributed by atoms with Crippen molar-refractivity contribution in [3.8, 4) is 6.07 Å². The Bertz CT molecular complexity index is 428. The summed E-state index contributed by atoms with van der Waals surface area (Å²) in [5.41, 5.74) is 2.61. The van der Waals surface area contributed by atoms with E-state index in [1.165, 1.54) is 11.8 Å². The molecule has 1 aromatic heterocycles. The molecule has 3 nitrogen and oxygen atoms in total. The highest BCUT2D eigenvalue weighted by molar-refractivity contribution is 8.00. The van der Waals surface area contributed by atoms with Gasteiger partial charge in [0.1, 0.15) is 11.1 Å². The fourth-order valence-electron chi connectivity index (χ4n) is 1.57. The van der Waals surface area contributed by atoms with Crippen LogP contribution in [0.4, 0.5) is 0 Å². The van der Waals surface area contributed by atoms with Crippen LogP contribution in [0.15, 0.2) is 5.03 Å². The fourth-order valence-corrected chi connectivity index (χ4v) is 2.58. The van der Waals surface area contributed by atoms with E-state index in [1.807, 2.05) is 20.8 Å². The predicted octanol–water partition coefficient (Wildman–Crippen LogP) is 3.19. The van der Waals surface area contributed by atoms with E-state index in [4.69, 9.17) is 11.6 Å². The summed E-state index contributed by atoms with van der Waals surface area (Å²) in [6.45, 7) is 6.08. The molecule has 17 heavy (non-hydrogen) atoms. The highest BCUT2D eigenvalue weighted by Gasteiger charge is 2.16. The van der Waals surface area contributed by atoms with Gasteiger partial charge in [-0.1, -0.05) is 32.5 Å². The van der Waals surface area contributed by atoms with E-state index in [0.29, 0.717) is 16.5 Å². The van der Waals surface area contributed by atoms with E-state index < -0.39 is 0 Å². The highest BCUT2D eigenvalue weighted by Crippen LogP contribution is 2.28. The molecule has 0 bridgehead atoms. The predicted molar refractivity (Wildman–Crippen MR) is 71.5 cm³/mol. The van der Waals surface area contributed by atoms with Crippen molar-refractivity contribution in [3.63, 3.8) is 0 Å². The SMILES string of the molecule is CCc1nnc(SC(C)CCl)c(C#N)c1CC. The largest absolute Gasteiger partial charge is 0.192 e. The zero-order valence-electron chi connectivity index (χ0n) is 10.3. The monoisotopic (exact) mass is 269 g/mol. The molecule has 0 N–H and O–H groups in total. The van der Waals surface area contributed by atoms with Gasteiger partial charge in [-0.3, -0.25) is 0 Å². The van der Waals surface area contributed by atoms with Crippen LogP contribution in [-0.2, 0) is 12.8 Å². The number of aromatic nitrogens is 2. The normalized spacial score (nSPS) is 12.2. The molecule has 0 aliphatic rings. The van der Waals surface area contributed by atoms with Crippen molar-refractivity contribution in [1.29, 1.82) is 5.26 Å². The van der Waals surface area contributed by atoms with Gasteiger partial charge in [0.25, 0.3) is 0 Å². The summed E-state index contributed by atoms with van der Waals surface area (Å²) in [5, 5.41) is 18.6. The zero-order chi connectivity index (χ0) is 12.8. The van der Waals surface area contributed by atoms with Crippen molar-refractivity contribution >= 4 is 23.4 Å². The molecule has 1 atom stereocenters. The van der Waals surface area contributed by atoms with Crippen LogP contribution in [0.5, 0.6) is 0 Å². The second-order valence-corrected chi connectivity index (χ2v) is 5.44. The summed E-state index contributed by atoms with van der Waals surface area (Å²) in [6, 6.07) is 2.25. The molecule has 0 spiro atoms. The first kappa shape index (κ1) is 14.3. The molecule has 1 rings (SSSR count). The number of rotatable bonds is 5. The van der Waals surface area contributed by atoms with E-state index in [-0.39, 0.29) is 5.25 Å². The lowest BCUT2D eigenvalue weighted by molar-refractivity contribution is 0.816. The van der Waals surface area contributed by atoms with Gasteiger partial charge >= 0.3 is 0 Å². The molecule has 0 fully saturated rings. The van der Waals surface area contributed by atoms with Gasteiger partial charge in [0.05, 0.1) is 11.3 Å². The number of nitriles is 1. The van der Waals surface area contributed by atoms with Crippen molar-refractivity contribution in [2.24, 2.45) is 0 Å². The lowest BCUT2D eigenvalue weighted by Gasteiger charge is -2.12. The van der Waals surface area contributed by atoms with Gasteiger partial charge in [0, 0.05) is 11.1 Å². The number of hydrogen-bond donors (Lipinski definition) is 0. The maximum Gasteiger partial charge on any atom is 0.137 e. The van der Waals surface area contributed by atoms with Crippen LogP contribution in [0, 0.1) is 11.3 Å². The number of alkyl halides is 1. The fraction of sp³-hybridized carbons (Fsp3) is 0.583. The minimum atomic E-state index is 0.232. The van der Waals surface area contributed by atoms with Crippen molar-refractivity contribution in [1.82, 2.24) is 10.2 Å². The molecule has 0 amide bonds. The van der Waals surface area contributed by atoms with Crippen LogP contribution < -0.4 is 0 Å². The Hall–Kier alpha value is -0.790. The van der Waals surface area contributed by atoms with Gasteiger partial charge in [-0.05, 0) is 18.4 Å². The van der Waals surface area contributed by atoms with E-state index in [1.54, 1.807) is 0 Å². The van der Waals surface area contributed by atoms with E-state index in [0.717, 1.165) is 24.1 Å². The van der Waals surface area contributed by atoms with Gasteiger partial charge in [-0.25, -0.2) is 0 Å². The Labute approximate surface area is 112 Å². The Morgan fingerprint density at radius 2 is 2.06 bits per heavy atom. The van der Waals surface area contributed by atoms with E-state index in [2.05, 4.69) is 16.3 Å². The van der Waals surface area contributed by atoms with E-state index in [9.17, 15) is 5.26 Å². The van der Waals surface area contributed by atoms with Gasteiger partial charge in [0.15, 0.2) is 0 Å². The summed E-state index contributed by atoms with van der Waals surface area (Å²) in [4.78, 5) is 0. The Morgan fingerprint density at radius 1 is 1.35 bits per heavy atom. The van der Waals surface area contributed by atoms with Crippen LogP contribution in [0.2, 0.25) is 0 Å². The van der Waals surface area contributed by atoms with Crippen molar-refractivity contribution in [3.05, 3.63) is 16.8 Å². The molecule has 0 aliphatic heterocycles. The van der Waals surface area contributed by atoms with Crippen LogP contribution in [0.25, 0.3) is 0 Å². The third kappa shape index (κ3) is 3.34. The average Bonchev–Trinajstić information content (AvgIpc) is 2.37. The van der Waals surface area contributed by atoms with Crippen LogP contribution >= 0.6 is 23.4 Å². The number of thioether (sulfide) groups is 1. The number of aryl methyl sites for hydroxylation is 1. The minimum absolute atomic E-state index is 0.232. The summed E-state index contributed by atoms with van der Waals surface area (Å²) < 4.78 is 0.